The molecule has 1 atom stereocenters. The fourth-order valence-electron chi connectivity index (χ4n) is 3.75. The maximum atomic E-state index is 12.7. The normalized spacial score (nSPS) is 16.6. The van der Waals surface area contributed by atoms with Crippen LogP contribution in [0, 0.1) is 0 Å². The van der Waals surface area contributed by atoms with Crippen LogP contribution in [0.1, 0.15) is 16.8 Å². The number of fused-ring (bicyclic) bond motifs is 1. The van der Waals surface area contributed by atoms with Crippen LogP contribution in [0.4, 0.5) is 5.82 Å². The number of nitrogens with zero attached hydrogens (tertiary/aromatic N) is 3. The number of anilines is 1. The lowest BCUT2D eigenvalue weighted by atomic mass is 10.1. The number of rotatable bonds is 4. The van der Waals surface area contributed by atoms with E-state index < -0.39 is 0 Å². The molecule has 1 N–H and O–H groups in total. The third-order valence-electron chi connectivity index (χ3n) is 5.18. The van der Waals surface area contributed by atoms with Gasteiger partial charge in [-0.25, -0.2) is 4.98 Å². The molecule has 5 rings (SSSR count). The third kappa shape index (κ3) is 3.16. The van der Waals surface area contributed by atoms with Crippen molar-refractivity contribution in [1.29, 1.82) is 0 Å². The average molecular weight is 388 g/mol. The summed E-state index contributed by atoms with van der Waals surface area (Å²) in [5.41, 5.74) is 2.97. The molecule has 1 aliphatic rings. The van der Waals surface area contributed by atoms with Crippen molar-refractivity contribution in [2.24, 2.45) is 0 Å². The van der Waals surface area contributed by atoms with E-state index in [9.17, 15) is 4.79 Å². The van der Waals surface area contributed by atoms with Crippen molar-refractivity contribution in [2.75, 3.05) is 18.0 Å². The second kappa shape index (κ2) is 7.13. The molecule has 3 aromatic heterocycles. The summed E-state index contributed by atoms with van der Waals surface area (Å²) in [6.45, 7) is 1.67. The molecule has 1 aliphatic heterocycles. The Morgan fingerprint density at radius 3 is 2.93 bits per heavy atom. The summed E-state index contributed by atoms with van der Waals surface area (Å²) in [7, 11) is 0. The number of nitrogens with one attached hydrogen (secondary N) is 1. The van der Waals surface area contributed by atoms with E-state index in [0.717, 1.165) is 46.8 Å². The Balaban J connectivity index is 1.27. The Kier molecular flexibility index (Phi) is 4.33. The molecule has 0 radical (unpaired) electrons. The molecular formula is C22H20N4OS. The standard InChI is InChI=1S/C22H20N4OS/c27-22(17-13-20(28-15-17)16-5-2-1-3-6-16)24-18-8-11-26(14-18)21-19-7-4-10-25(19)12-9-23-21/h1-7,9-10,12-13,15,18H,8,11,14H2,(H,24,27)/t18-/m0/s1. The van der Waals surface area contributed by atoms with Crippen molar-refractivity contribution in [2.45, 2.75) is 12.5 Å². The Bertz CT molecular complexity index is 1120. The molecule has 1 amide bonds. The van der Waals surface area contributed by atoms with Crippen LogP contribution < -0.4 is 10.2 Å². The maximum Gasteiger partial charge on any atom is 0.252 e. The van der Waals surface area contributed by atoms with Crippen molar-refractivity contribution in [3.8, 4) is 10.4 Å². The largest absolute Gasteiger partial charge is 0.353 e. The minimum atomic E-state index is -0.000801. The predicted octanol–water partition coefficient (Wildman–Crippen LogP) is 4.07. The van der Waals surface area contributed by atoms with E-state index in [2.05, 4.69) is 37.8 Å². The van der Waals surface area contributed by atoms with Gasteiger partial charge in [-0.1, -0.05) is 30.3 Å². The van der Waals surface area contributed by atoms with Gasteiger partial charge in [0.1, 0.15) is 0 Å². The lowest BCUT2D eigenvalue weighted by Crippen LogP contribution is -2.37. The average Bonchev–Trinajstić information content (AvgIpc) is 3.48. The molecule has 0 spiro atoms. The summed E-state index contributed by atoms with van der Waals surface area (Å²) in [4.78, 5) is 20.6. The molecular weight excluding hydrogens is 368 g/mol. The van der Waals surface area contributed by atoms with Crippen LogP contribution in [-0.4, -0.2) is 34.4 Å². The van der Waals surface area contributed by atoms with Gasteiger partial charge in [-0.15, -0.1) is 11.3 Å². The summed E-state index contributed by atoms with van der Waals surface area (Å²) in [5.74, 6) is 0.977. The third-order valence-corrected chi connectivity index (χ3v) is 6.15. The maximum absolute atomic E-state index is 12.7. The number of benzene rings is 1. The molecule has 6 heteroatoms. The topological polar surface area (TPSA) is 49.6 Å². The molecule has 140 valence electrons. The van der Waals surface area contributed by atoms with Crippen LogP contribution in [0.25, 0.3) is 16.0 Å². The number of amides is 1. The molecule has 4 aromatic rings. The number of carbonyl (C=O) groups is 1. The van der Waals surface area contributed by atoms with Crippen LogP contribution in [0.5, 0.6) is 0 Å². The van der Waals surface area contributed by atoms with E-state index in [-0.39, 0.29) is 11.9 Å². The fourth-order valence-corrected chi connectivity index (χ4v) is 4.64. The summed E-state index contributed by atoms with van der Waals surface area (Å²) in [6.07, 6.45) is 6.72. The molecule has 4 heterocycles. The van der Waals surface area contributed by atoms with Crippen LogP contribution in [0.2, 0.25) is 0 Å². The molecule has 28 heavy (non-hydrogen) atoms. The minimum Gasteiger partial charge on any atom is -0.353 e. The number of carbonyl (C=O) groups excluding carboxylic acids is 1. The number of hydrogen-bond acceptors (Lipinski definition) is 4. The van der Waals surface area contributed by atoms with Crippen LogP contribution in [0.15, 0.2) is 72.5 Å². The second-order valence-corrected chi connectivity index (χ2v) is 7.93. The smallest absolute Gasteiger partial charge is 0.252 e. The first-order chi connectivity index (χ1) is 13.8. The zero-order valence-corrected chi connectivity index (χ0v) is 16.1. The zero-order chi connectivity index (χ0) is 18.9. The summed E-state index contributed by atoms with van der Waals surface area (Å²) in [5, 5.41) is 5.13. The summed E-state index contributed by atoms with van der Waals surface area (Å²) < 4.78 is 2.07. The highest BCUT2D eigenvalue weighted by Crippen LogP contribution is 2.27. The molecule has 5 nitrogen and oxygen atoms in total. The molecule has 1 aromatic carbocycles. The molecule has 0 saturated carbocycles. The highest BCUT2D eigenvalue weighted by molar-refractivity contribution is 7.13. The Labute approximate surface area is 167 Å². The van der Waals surface area contributed by atoms with Gasteiger partial charge in [0.25, 0.3) is 5.91 Å². The van der Waals surface area contributed by atoms with Crippen molar-refractivity contribution in [3.05, 3.63) is 78.1 Å². The van der Waals surface area contributed by atoms with Crippen LogP contribution in [0.3, 0.4) is 0 Å². The van der Waals surface area contributed by atoms with E-state index in [0.29, 0.717) is 0 Å². The first-order valence-corrected chi connectivity index (χ1v) is 10.3. The van der Waals surface area contributed by atoms with Gasteiger partial charge in [0.15, 0.2) is 5.82 Å². The fraction of sp³-hybridized carbons (Fsp3) is 0.182. The van der Waals surface area contributed by atoms with Crippen LogP contribution in [-0.2, 0) is 0 Å². The van der Waals surface area contributed by atoms with Gasteiger partial charge in [0, 0.05) is 48.0 Å². The quantitative estimate of drug-likeness (QED) is 0.573. The molecule has 0 unspecified atom stereocenters. The van der Waals surface area contributed by atoms with E-state index in [1.54, 1.807) is 11.3 Å². The molecule has 0 bridgehead atoms. The molecule has 0 aliphatic carbocycles. The van der Waals surface area contributed by atoms with Gasteiger partial charge in [0.05, 0.1) is 11.1 Å². The van der Waals surface area contributed by atoms with E-state index >= 15 is 0 Å². The Hall–Kier alpha value is -3.12. The summed E-state index contributed by atoms with van der Waals surface area (Å²) in [6, 6.07) is 16.4. The highest BCUT2D eigenvalue weighted by atomic mass is 32.1. The molecule has 1 saturated heterocycles. The van der Waals surface area contributed by atoms with Gasteiger partial charge in [0.2, 0.25) is 0 Å². The van der Waals surface area contributed by atoms with Crippen molar-refractivity contribution in [1.82, 2.24) is 14.7 Å². The Morgan fingerprint density at radius 1 is 1.14 bits per heavy atom. The lowest BCUT2D eigenvalue weighted by Gasteiger charge is -2.19. The first-order valence-electron chi connectivity index (χ1n) is 9.39. The van der Waals surface area contributed by atoms with E-state index in [4.69, 9.17) is 0 Å². The van der Waals surface area contributed by atoms with Crippen LogP contribution >= 0.6 is 11.3 Å². The Morgan fingerprint density at radius 2 is 2.04 bits per heavy atom. The van der Waals surface area contributed by atoms with Gasteiger partial charge in [-0.05, 0) is 30.2 Å². The van der Waals surface area contributed by atoms with Gasteiger partial charge in [-0.2, -0.15) is 0 Å². The van der Waals surface area contributed by atoms with Crippen molar-refractivity contribution in [3.63, 3.8) is 0 Å². The van der Waals surface area contributed by atoms with Gasteiger partial charge >= 0.3 is 0 Å². The first kappa shape index (κ1) is 17.0. The van der Waals surface area contributed by atoms with Gasteiger partial charge < -0.3 is 14.6 Å². The number of hydrogen-bond donors (Lipinski definition) is 1. The van der Waals surface area contributed by atoms with E-state index in [1.807, 2.05) is 54.3 Å². The van der Waals surface area contributed by atoms with E-state index in [1.165, 1.54) is 0 Å². The molecule has 1 fully saturated rings. The summed E-state index contributed by atoms with van der Waals surface area (Å²) >= 11 is 1.60. The SMILES string of the molecule is O=C(N[C@H]1CCN(c2nccn3cccc23)C1)c1csc(-c2ccccc2)c1. The minimum absolute atomic E-state index is 0.000801. The van der Waals surface area contributed by atoms with Gasteiger partial charge in [-0.3, -0.25) is 4.79 Å². The van der Waals surface area contributed by atoms with Crippen molar-refractivity contribution < 1.29 is 4.79 Å². The lowest BCUT2D eigenvalue weighted by molar-refractivity contribution is 0.0941. The highest BCUT2D eigenvalue weighted by Gasteiger charge is 2.26. The monoisotopic (exact) mass is 388 g/mol. The number of aromatic nitrogens is 2. The second-order valence-electron chi connectivity index (χ2n) is 7.02. The zero-order valence-electron chi connectivity index (χ0n) is 15.3. The van der Waals surface area contributed by atoms with Crippen molar-refractivity contribution >= 4 is 28.6 Å². The number of thiophene rings is 1. The predicted molar refractivity (Wildman–Crippen MR) is 113 cm³/mol.